The van der Waals surface area contributed by atoms with Crippen LogP contribution in [-0.2, 0) is 6.54 Å². The number of anilines is 1. The molecule has 6 rings (SSSR count). The van der Waals surface area contributed by atoms with E-state index in [1.165, 1.54) is 0 Å². The fraction of sp³-hybridized carbons (Fsp3) is 0.129. The van der Waals surface area contributed by atoms with Crippen LogP contribution in [0.3, 0.4) is 0 Å². The van der Waals surface area contributed by atoms with E-state index in [2.05, 4.69) is 61.3 Å². The number of thiocarbonyl (C=S) groups is 1. The van der Waals surface area contributed by atoms with Crippen LogP contribution in [0.1, 0.15) is 34.6 Å². The van der Waals surface area contributed by atoms with E-state index in [0.717, 1.165) is 39.7 Å². The molecule has 4 heterocycles. The van der Waals surface area contributed by atoms with Gasteiger partial charge in [0, 0.05) is 42.7 Å². The van der Waals surface area contributed by atoms with Crippen molar-refractivity contribution in [1.29, 1.82) is 0 Å². The molecule has 0 bridgehead atoms. The van der Waals surface area contributed by atoms with Crippen molar-refractivity contribution < 1.29 is 4.74 Å². The van der Waals surface area contributed by atoms with Gasteiger partial charge in [-0.1, -0.05) is 30.3 Å². The van der Waals surface area contributed by atoms with E-state index in [1.807, 2.05) is 80.0 Å². The van der Waals surface area contributed by atoms with E-state index in [0.29, 0.717) is 11.7 Å². The molecule has 1 aliphatic heterocycles. The van der Waals surface area contributed by atoms with Gasteiger partial charge in [0.1, 0.15) is 17.5 Å². The summed E-state index contributed by atoms with van der Waals surface area (Å²) in [5, 5.41) is 4.21. The molecule has 38 heavy (non-hydrogen) atoms. The molecule has 0 radical (unpaired) electrons. The Kier molecular flexibility index (Phi) is 6.58. The average Bonchev–Trinajstić information content (AvgIpc) is 3.55. The average molecular weight is 518 g/mol. The SMILES string of the molecule is Cc1ccccc1Oc1ccc(N2C(=S)N[C@H](c3ccccn3)[C@H]2c2cccn2Cc2cccnc2)cc1. The molecule has 1 fully saturated rings. The summed E-state index contributed by atoms with van der Waals surface area (Å²) in [7, 11) is 0. The third kappa shape index (κ3) is 4.76. The number of nitrogens with one attached hydrogen (secondary N) is 1. The smallest absolute Gasteiger partial charge is 0.174 e. The Morgan fingerprint density at radius 2 is 1.74 bits per heavy atom. The van der Waals surface area contributed by atoms with E-state index >= 15 is 0 Å². The Balaban J connectivity index is 1.36. The van der Waals surface area contributed by atoms with Crippen LogP contribution in [0.4, 0.5) is 5.69 Å². The van der Waals surface area contributed by atoms with Crippen molar-refractivity contribution in [2.45, 2.75) is 25.6 Å². The molecular weight excluding hydrogens is 490 g/mol. The number of hydrogen-bond acceptors (Lipinski definition) is 4. The topological polar surface area (TPSA) is 55.2 Å². The van der Waals surface area contributed by atoms with Gasteiger partial charge in [0.25, 0.3) is 0 Å². The molecule has 0 unspecified atom stereocenters. The summed E-state index contributed by atoms with van der Waals surface area (Å²) >= 11 is 5.91. The van der Waals surface area contributed by atoms with Gasteiger partial charge in [-0.25, -0.2) is 0 Å². The fourth-order valence-electron chi connectivity index (χ4n) is 4.93. The standard InChI is InChI=1S/C31H27N5OS/c1-22-8-2-3-12-28(22)37-25-15-13-24(14-16-25)36-30(29(34-31(36)38)26-10-4-5-18-33-26)27-11-7-19-35(27)21-23-9-6-17-32-20-23/h2-20,29-30H,21H2,1H3,(H,34,38)/t29-,30-/m1/s1. The van der Waals surface area contributed by atoms with Gasteiger partial charge in [0.15, 0.2) is 5.11 Å². The third-order valence-corrected chi connectivity index (χ3v) is 7.09. The van der Waals surface area contributed by atoms with Gasteiger partial charge in [-0.2, -0.15) is 0 Å². The molecular formula is C31H27N5OS. The van der Waals surface area contributed by atoms with Crippen molar-refractivity contribution >= 4 is 23.0 Å². The first-order valence-corrected chi connectivity index (χ1v) is 13.0. The van der Waals surface area contributed by atoms with Crippen molar-refractivity contribution in [3.8, 4) is 11.5 Å². The van der Waals surface area contributed by atoms with Crippen LogP contribution >= 0.6 is 12.2 Å². The number of aromatic nitrogens is 3. The third-order valence-electron chi connectivity index (χ3n) is 6.78. The van der Waals surface area contributed by atoms with E-state index in [4.69, 9.17) is 17.0 Å². The zero-order chi connectivity index (χ0) is 25.9. The number of rotatable bonds is 7. The van der Waals surface area contributed by atoms with Crippen molar-refractivity contribution in [3.63, 3.8) is 0 Å². The number of aryl methyl sites for hydroxylation is 1. The molecule has 1 aliphatic rings. The minimum absolute atomic E-state index is 0.104. The van der Waals surface area contributed by atoms with Gasteiger partial charge in [-0.15, -0.1) is 0 Å². The number of pyridine rings is 2. The van der Waals surface area contributed by atoms with Gasteiger partial charge in [0.2, 0.25) is 0 Å². The van der Waals surface area contributed by atoms with Crippen LogP contribution in [0, 0.1) is 6.92 Å². The van der Waals surface area contributed by atoms with Crippen LogP contribution in [-0.4, -0.2) is 19.6 Å². The maximum atomic E-state index is 6.14. The van der Waals surface area contributed by atoms with Gasteiger partial charge in [-0.05, 0) is 90.9 Å². The van der Waals surface area contributed by atoms with Crippen LogP contribution in [0.5, 0.6) is 11.5 Å². The summed E-state index contributed by atoms with van der Waals surface area (Å²) < 4.78 is 8.40. The summed E-state index contributed by atoms with van der Waals surface area (Å²) in [5.74, 6) is 1.62. The predicted octanol–water partition coefficient (Wildman–Crippen LogP) is 6.60. The summed E-state index contributed by atoms with van der Waals surface area (Å²) in [6, 6.07) is 30.2. The highest BCUT2D eigenvalue weighted by Gasteiger charge is 2.42. The molecule has 2 atom stereocenters. The van der Waals surface area contributed by atoms with E-state index in [1.54, 1.807) is 6.20 Å². The Labute approximate surface area is 227 Å². The Morgan fingerprint density at radius 1 is 0.895 bits per heavy atom. The molecule has 1 N–H and O–H groups in total. The molecule has 0 amide bonds. The normalized spacial score (nSPS) is 16.9. The number of para-hydroxylation sites is 1. The highest BCUT2D eigenvalue weighted by atomic mass is 32.1. The molecule has 188 valence electrons. The largest absolute Gasteiger partial charge is 0.457 e. The molecule has 2 aromatic carbocycles. The zero-order valence-electron chi connectivity index (χ0n) is 20.9. The summed E-state index contributed by atoms with van der Waals surface area (Å²) in [6.45, 7) is 2.76. The lowest BCUT2D eigenvalue weighted by molar-refractivity contribution is 0.479. The number of benzene rings is 2. The second-order valence-electron chi connectivity index (χ2n) is 9.28. The van der Waals surface area contributed by atoms with Gasteiger partial charge < -0.3 is 19.5 Å². The minimum atomic E-state index is -0.117. The summed E-state index contributed by atoms with van der Waals surface area (Å²) in [6.07, 6.45) is 7.63. The molecule has 3 aromatic heterocycles. The molecule has 0 saturated carbocycles. The molecule has 6 nitrogen and oxygen atoms in total. The van der Waals surface area contributed by atoms with Crippen molar-refractivity contribution in [3.05, 3.63) is 138 Å². The lowest BCUT2D eigenvalue weighted by Crippen LogP contribution is -2.30. The van der Waals surface area contributed by atoms with Crippen LogP contribution in [0.2, 0.25) is 0 Å². The van der Waals surface area contributed by atoms with Gasteiger partial charge in [0.05, 0.1) is 11.7 Å². The van der Waals surface area contributed by atoms with Gasteiger partial charge in [-0.3, -0.25) is 9.97 Å². The second kappa shape index (κ2) is 10.5. The Hall–Kier alpha value is -4.49. The second-order valence-corrected chi connectivity index (χ2v) is 9.67. The Morgan fingerprint density at radius 3 is 2.50 bits per heavy atom. The highest BCUT2D eigenvalue weighted by Crippen LogP contribution is 2.42. The number of nitrogens with zero attached hydrogens (tertiary/aromatic N) is 4. The van der Waals surface area contributed by atoms with E-state index < -0.39 is 0 Å². The highest BCUT2D eigenvalue weighted by molar-refractivity contribution is 7.80. The van der Waals surface area contributed by atoms with Crippen LogP contribution in [0.25, 0.3) is 0 Å². The van der Waals surface area contributed by atoms with Crippen molar-refractivity contribution in [1.82, 2.24) is 19.9 Å². The number of hydrogen-bond donors (Lipinski definition) is 1. The van der Waals surface area contributed by atoms with Crippen molar-refractivity contribution in [2.24, 2.45) is 0 Å². The molecule has 0 spiro atoms. The zero-order valence-corrected chi connectivity index (χ0v) is 21.8. The first-order valence-electron chi connectivity index (χ1n) is 12.6. The van der Waals surface area contributed by atoms with Crippen LogP contribution in [0.15, 0.2) is 116 Å². The molecule has 0 aliphatic carbocycles. The van der Waals surface area contributed by atoms with Crippen molar-refractivity contribution in [2.75, 3.05) is 4.90 Å². The lowest BCUT2D eigenvalue weighted by atomic mass is 10.0. The fourth-order valence-corrected chi connectivity index (χ4v) is 5.28. The van der Waals surface area contributed by atoms with Crippen LogP contribution < -0.4 is 15.0 Å². The lowest BCUT2D eigenvalue weighted by Gasteiger charge is -2.29. The first kappa shape index (κ1) is 23.9. The molecule has 5 aromatic rings. The Bertz CT molecular complexity index is 1540. The summed E-state index contributed by atoms with van der Waals surface area (Å²) in [4.78, 5) is 11.2. The maximum absolute atomic E-state index is 6.14. The minimum Gasteiger partial charge on any atom is -0.457 e. The molecule has 7 heteroatoms. The van der Waals surface area contributed by atoms with E-state index in [9.17, 15) is 0 Å². The predicted molar refractivity (Wildman–Crippen MR) is 153 cm³/mol. The number of ether oxygens (including phenoxy) is 1. The van der Waals surface area contributed by atoms with Gasteiger partial charge >= 0.3 is 0 Å². The molecule has 1 saturated heterocycles. The quantitative estimate of drug-likeness (QED) is 0.245. The maximum Gasteiger partial charge on any atom is 0.174 e. The first-order chi connectivity index (χ1) is 18.7. The monoisotopic (exact) mass is 517 g/mol. The van der Waals surface area contributed by atoms with E-state index in [-0.39, 0.29) is 12.1 Å². The summed E-state index contributed by atoms with van der Waals surface area (Å²) in [5.41, 5.74) is 5.29.